The molecule has 0 N–H and O–H groups in total. The van der Waals surface area contributed by atoms with E-state index in [1.165, 1.54) is 58.5 Å². The number of nitrogens with zero attached hydrogens (tertiary/aromatic N) is 6. The number of alkyl halides is 3. The van der Waals surface area contributed by atoms with Gasteiger partial charge in [-0.25, -0.2) is 13.8 Å². The van der Waals surface area contributed by atoms with Crippen LogP contribution in [0.25, 0.3) is 10.9 Å². The number of ether oxygens (including phenoxy) is 1. The molecular formula is C24H15F5N6O2. The molecule has 0 atom stereocenters. The molecule has 0 radical (unpaired) electrons. The molecule has 8 nitrogen and oxygen atoms in total. The number of hydrogen-bond acceptors (Lipinski definition) is 6. The number of aromatic nitrogens is 6. The second-order valence-electron chi connectivity index (χ2n) is 7.95. The first-order chi connectivity index (χ1) is 17.7. The van der Waals surface area contributed by atoms with Crippen LogP contribution >= 0.6 is 0 Å². The van der Waals surface area contributed by atoms with Crippen molar-refractivity contribution in [1.82, 2.24) is 29.5 Å². The molecule has 5 aromatic rings. The Morgan fingerprint density at radius 3 is 2.43 bits per heavy atom. The zero-order chi connectivity index (χ0) is 26.2. The molecule has 0 bridgehead atoms. The van der Waals surface area contributed by atoms with E-state index in [0.29, 0.717) is 5.52 Å². The van der Waals surface area contributed by atoms with Gasteiger partial charge in [0.25, 0.3) is 5.56 Å². The molecule has 5 rings (SSSR count). The molecule has 3 aromatic heterocycles. The summed E-state index contributed by atoms with van der Waals surface area (Å²) in [6, 6.07) is 8.00. The van der Waals surface area contributed by atoms with Gasteiger partial charge in [-0.15, -0.1) is 0 Å². The number of pyridine rings is 1. The fraction of sp³-hybridized carbons (Fsp3) is 0.125. The van der Waals surface area contributed by atoms with E-state index in [2.05, 4.69) is 20.2 Å². The van der Waals surface area contributed by atoms with Crippen molar-refractivity contribution >= 4 is 10.9 Å². The summed E-state index contributed by atoms with van der Waals surface area (Å²) < 4.78 is 75.5. The lowest BCUT2D eigenvalue weighted by molar-refractivity contribution is -0.138. The first kappa shape index (κ1) is 24.0. The zero-order valence-corrected chi connectivity index (χ0v) is 18.7. The van der Waals surface area contributed by atoms with E-state index in [4.69, 9.17) is 4.74 Å². The Morgan fingerprint density at radius 2 is 1.70 bits per heavy atom. The molecular weight excluding hydrogens is 499 g/mol. The minimum atomic E-state index is -4.78. The van der Waals surface area contributed by atoms with Gasteiger partial charge in [0.15, 0.2) is 0 Å². The van der Waals surface area contributed by atoms with Gasteiger partial charge in [0.05, 0.1) is 42.7 Å². The fourth-order valence-corrected chi connectivity index (χ4v) is 3.68. The fourth-order valence-electron chi connectivity index (χ4n) is 3.68. The van der Waals surface area contributed by atoms with Crippen LogP contribution in [0, 0.1) is 11.6 Å². The van der Waals surface area contributed by atoms with E-state index in [1.54, 1.807) is 0 Å². The smallest absolute Gasteiger partial charge is 0.421 e. The van der Waals surface area contributed by atoms with Gasteiger partial charge in [-0.3, -0.25) is 4.79 Å². The van der Waals surface area contributed by atoms with Crippen LogP contribution in [0.5, 0.6) is 11.6 Å². The van der Waals surface area contributed by atoms with E-state index in [9.17, 15) is 26.7 Å². The van der Waals surface area contributed by atoms with Crippen LogP contribution in [0.3, 0.4) is 0 Å². The number of rotatable bonds is 6. The molecule has 37 heavy (non-hydrogen) atoms. The largest absolute Gasteiger partial charge is 0.438 e. The molecule has 0 aliphatic heterocycles. The summed E-state index contributed by atoms with van der Waals surface area (Å²) in [4.78, 5) is 21.2. The Balaban J connectivity index is 1.48. The maximum Gasteiger partial charge on any atom is 0.421 e. The van der Waals surface area contributed by atoms with Gasteiger partial charge < -0.3 is 9.30 Å². The minimum absolute atomic E-state index is 0.0254. The van der Waals surface area contributed by atoms with Crippen molar-refractivity contribution in [1.29, 1.82) is 0 Å². The molecule has 3 heterocycles. The highest BCUT2D eigenvalue weighted by Gasteiger charge is 2.36. The highest BCUT2D eigenvalue weighted by Crippen LogP contribution is 2.37. The first-order valence-electron chi connectivity index (χ1n) is 10.7. The van der Waals surface area contributed by atoms with Gasteiger partial charge in [0.2, 0.25) is 5.88 Å². The Bertz CT molecular complexity index is 1650. The van der Waals surface area contributed by atoms with Crippen LogP contribution in [0.15, 0.2) is 72.2 Å². The SMILES string of the molecule is O=c1ncn(Cc2ccc(F)cc2F)c2ccc(Oc3ncc(Cn4nccn4)cc3C(F)(F)F)cc12. The second kappa shape index (κ2) is 9.41. The third-order valence-corrected chi connectivity index (χ3v) is 5.40. The third kappa shape index (κ3) is 5.15. The van der Waals surface area contributed by atoms with E-state index in [1.807, 2.05) is 0 Å². The maximum atomic E-state index is 14.1. The highest BCUT2D eigenvalue weighted by molar-refractivity contribution is 5.79. The summed E-state index contributed by atoms with van der Waals surface area (Å²) in [5, 5.41) is 7.75. The van der Waals surface area contributed by atoms with Crippen LogP contribution in [-0.4, -0.2) is 29.5 Å². The summed E-state index contributed by atoms with van der Waals surface area (Å²) in [5.74, 6) is -2.30. The van der Waals surface area contributed by atoms with Crippen molar-refractivity contribution in [3.63, 3.8) is 0 Å². The molecule has 0 saturated carbocycles. The minimum Gasteiger partial charge on any atom is -0.438 e. The maximum absolute atomic E-state index is 14.1. The molecule has 2 aromatic carbocycles. The van der Waals surface area contributed by atoms with E-state index in [0.717, 1.165) is 18.2 Å². The standard InChI is InChI=1S/C24H15F5N6O2/c25-16-2-1-15(20(26)8-16)12-34-13-31-22(36)18-9-17(3-4-21(18)34)37-23-19(24(27,28)29)7-14(10-30-23)11-35-32-5-6-33-35/h1-10,13H,11-12H2. The summed E-state index contributed by atoms with van der Waals surface area (Å²) in [6.45, 7) is -0.0956. The van der Waals surface area contributed by atoms with Crippen LogP contribution < -0.4 is 10.3 Å². The summed E-state index contributed by atoms with van der Waals surface area (Å²) >= 11 is 0. The second-order valence-corrected chi connectivity index (χ2v) is 7.95. The predicted molar refractivity (Wildman–Crippen MR) is 120 cm³/mol. The van der Waals surface area contributed by atoms with Crippen LogP contribution in [-0.2, 0) is 19.3 Å². The van der Waals surface area contributed by atoms with Crippen LogP contribution in [0.1, 0.15) is 16.7 Å². The van der Waals surface area contributed by atoms with Crippen molar-refractivity contribution in [2.75, 3.05) is 0 Å². The van der Waals surface area contributed by atoms with E-state index in [-0.39, 0.29) is 35.4 Å². The van der Waals surface area contributed by atoms with Crippen molar-refractivity contribution < 1.29 is 26.7 Å². The number of halogens is 5. The lowest BCUT2D eigenvalue weighted by Gasteiger charge is -2.15. The molecule has 0 fully saturated rings. The first-order valence-corrected chi connectivity index (χ1v) is 10.7. The van der Waals surface area contributed by atoms with Crippen molar-refractivity contribution in [2.45, 2.75) is 19.3 Å². The Kier molecular flexibility index (Phi) is 6.11. The Hall–Kier alpha value is -4.68. The molecule has 13 heteroatoms. The van der Waals surface area contributed by atoms with Crippen molar-refractivity contribution in [3.05, 3.63) is 106 Å². The molecule has 0 spiro atoms. The summed E-state index contributed by atoms with van der Waals surface area (Å²) in [7, 11) is 0. The van der Waals surface area contributed by atoms with Gasteiger partial charge in [0, 0.05) is 17.8 Å². The Labute approximate surface area is 204 Å². The van der Waals surface area contributed by atoms with E-state index >= 15 is 0 Å². The quantitative estimate of drug-likeness (QED) is 0.309. The Morgan fingerprint density at radius 1 is 0.919 bits per heavy atom. The lowest BCUT2D eigenvalue weighted by Crippen LogP contribution is -2.14. The molecule has 0 saturated heterocycles. The van der Waals surface area contributed by atoms with E-state index < -0.39 is 34.8 Å². The number of benzene rings is 2. The molecule has 0 aliphatic rings. The highest BCUT2D eigenvalue weighted by atomic mass is 19.4. The van der Waals surface area contributed by atoms with Gasteiger partial charge >= 0.3 is 6.18 Å². The topological polar surface area (TPSA) is 87.7 Å². The van der Waals surface area contributed by atoms with Crippen LogP contribution in [0.2, 0.25) is 0 Å². The average molecular weight is 514 g/mol. The number of hydrogen-bond donors (Lipinski definition) is 0. The van der Waals surface area contributed by atoms with Crippen molar-refractivity contribution in [3.8, 4) is 11.6 Å². The summed E-state index contributed by atoms with van der Waals surface area (Å²) in [6.07, 6.45) is 0.425. The third-order valence-electron chi connectivity index (χ3n) is 5.40. The van der Waals surface area contributed by atoms with Crippen molar-refractivity contribution in [2.24, 2.45) is 0 Å². The normalized spacial score (nSPS) is 11.7. The monoisotopic (exact) mass is 514 g/mol. The van der Waals surface area contributed by atoms with Gasteiger partial charge in [-0.2, -0.15) is 33.1 Å². The van der Waals surface area contributed by atoms with Gasteiger partial charge in [0.1, 0.15) is 22.9 Å². The number of fused-ring (bicyclic) bond motifs is 1. The van der Waals surface area contributed by atoms with Gasteiger partial charge in [-0.1, -0.05) is 6.07 Å². The lowest BCUT2D eigenvalue weighted by atomic mass is 10.1. The summed E-state index contributed by atoms with van der Waals surface area (Å²) in [5.41, 5.74) is -1.11. The zero-order valence-electron chi connectivity index (χ0n) is 18.7. The molecule has 188 valence electrons. The molecule has 0 aliphatic carbocycles. The molecule has 0 amide bonds. The molecule has 0 unspecified atom stereocenters. The predicted octanol–water partition coefficient (Wildman–Crippen LogP) is 4.57. The average Bonchev–Trinajstić information content (AvgIpc) is 3.36. The van der Waals surface area contributed by atoms with Gasteiger partial charge in [-0.05, 0) is 35.9 Å². The van der Waals surface area contributed by atoms with Crippen LogP contribution in [0.4, 0.5) is 22.0 Å².